The first-order valence-corrected chi connectivity index (χ1v) is 9.89. The van der Waals surface area contributed by atoms with Crippen molar-refractivity contribution in [2.75, 3.05) is 34.4 Å². The average molecular weight is 417 g/mol. The Kier molecular flexibility index (Phi) is 12.0. The maximum absolute atomic E-state index is 6.09. The van der Waals surface area contributed by atoms with Gasteiger partial charge in [-0.3, -0.25) is 0 Å². The number of methoxy groups -OCH3 is 2. The van der Waals surface area contributed by atoms with Gasteiger partial charge >= 0.3 is 0 Å². The topological polar surface area (TPSA) is 55.4 Å². The fourth-order valence-corrected chi connectivity index (χ4v) is 2.88. The summed E-state index contributed by atoms with van der Waals surface area (Å²) in [5.41, 5.74) is 2.14. The molecule has 30 heavy (non-hydrogen) atoms. The van der Waals surface area contributed by atoms with Gasteiger partial charge in [0.05, 0.1) is 19.8 Å². The van der Waals surface area contributed by atoms with Gasteiger partial charge in [-0.1, -0.05) is 66.7 Å². The van der Waals surface area contributed by atoms with Crippen LogP contribution < -0.4 is 0 Å². The fraction of sp³-hybridized carbons (Fsp3) is 0.417. The summed E-state index contributed by atoms with van der Waals surface area (Å²) in [4.78, 5) is 0. The molecule has 164 valence electrons. The average Bonchev–Trinajstić information content (AvgIpc) is 2.80. The van der Waals surface area contributed by atoms with Crippen molar-refractivity contribution in [1.29, 1.82) is 0 Å². The van der Waals surface area contributed by atoms with E-state index in [2.05, 4.69) is 6.58 Å². The molecule has 0 radical (unpaired) electrons. The predicted octanol–water partition coefficient (Wildman–Crippen LogP) is 3.95. The van der Waals surface area contributed by atoms with Crippen molar-refractivity contribution >= 4 is 0 Å². The van der Waals surface area contributed by atoms with Gasteiger partial charge in [-0.25, -0.2) is 0 Å². The molecule has 0 bridgehead atoms. The van der Waals surface area contributed by atoms with Crippen LogP contribution in [-0.2, 0) is 41.6 Å². The fourth-order valence-electron chi connectivity index (χ4n) is 2.88. The lowest BCUT2D eigenvalue weighted by molar-refractivity contribution is -0.200. The maximum atomic E-state index is 6.09. The van der Waals surface area contributed by atoms with E-state index >= 15 is 0 Å². The van der Waals surface area contributed by atoms with Gasteiger partial charge in [0.2, 0.25) is 0 Å². The standard InChI is InChI=1S/C24H32O6/c1-4-22(28-16-21-13-9-6-10-14-21)24(30-19-26-3)23(29-18-25-2)17-27-15-20-11-7-5-8-12-20/h4-14,22-24H,1,15-19H2,2-3H3/t22-,23+,24+/m1/s1. The zero-order valence-corrected chi connectivity index (χ0v) is 17.8. The number of hydrogen-bond acceptors (Lipinski definition) is 6. The van der Waals surface area contributed by atoms with Crippen LogP contribution >= 0.6 is 0 Å². The van der Waals surface area contributed by atoms with E-state index in [-0.39, 0.29) is 13.6 Å². The third-order valence-corrected chi connectivity index (χ3v) is 4.38. The van der Waals surface area contributed by atoms with Crippen LogP contribution in [0.5, 0.6) is 0 Å². The minimum atomic E-state index is -0.489. The van der Waals surface area contributed by atoms with E-state index in [4.69, 9.17) is 28.4 Å². The first-order valence-electron chi connectivity index (χ1n) is 9.89. The van der Waals surface area contributed by atoms with Crippen molar-refractivity contribution in [1.82, 2.24) is 0 Å². The molecule has 0 amide bonds. The molecule has 6 heteroatoms. The minimum absolute atomic E-state index is 0.0925. The normalized spacial score (nSPS) is 14.2. The van der Waals surface area contributed by atoms with E-state index in [1.807, 2.05) is 60.7 Å². The summed E-state index contributed by atoms with van der Waals surface area (Å²) in [6.45, 7) is 5.30. The van der Waals surface area contributed by atoms with Crippen molar-refractivity contribution in [2.45, 2.75) is 31.5 Å². The van der Waals surface area contributed by atoms with E-state index in [9.17, 15) is 0 Å². The minimum Gasteiger partial charge on any atom is -0.374 e. The Bertz CT molecular complexity index is 679. The summed E-state index contributed by atoms with van der Waals surface area (Å²) in [5, 5.41) is 0. The van der Waals surface area contributed by atoms with Gasteiger partial charge in [0.25, 0.3) is 0 Å². The van der Waals surface area contributed by atoms with Crippen LogP contribution in [-0.4, -0.2) is 52.7 Å². The smallest absolute Gasteiger partial charge is 0.146 e. The zero-order valence-electron chi connectivity index (χ0n) is 17.8. The van der Waals surface area contributed by atoms with Crippen LogP contribution in [0, 0.1) is 0 Å². The molecule has 0 aromatic heterocycles. The second-order valence-corrected chi connectivity index (χ2v) is 6.65. The van der Waals surface area contributed by atoms with Crippen LogP contribution in [0.25, 0.3) is 0 Å². The molecule has 0 unspecified atom stereocenters. The Morgan fingerprint density at radius 1 is 0.767 bits per heavy atom. The van der Waals surface area contributed by atoms with Gasteiger partial charge in [-0.2, -0.15) is 0 Å². The van der Waals surface area contributed by atoms with Crippen LogP contribution in [0.4, 0.5) is 0 Å². The highest BCUT2D eigenvalue weighted by Gasteiger charge is 2.31. The Morgan fingerprint density at radius 2 is 1.33 bits per heavy atom. The SMILES string of the molecule is C=C[C@@H](OCc1ccccc1)[C@H](OCOC)[C@H](COCc1ccccc1)OCOC. The van der Waals surface area contributed by atoms with Crippen molar-refractivity contribution in [3.63, 3.8) is 0 Å². The van der Waals surface area contributed by atoms with E-state index in [0.29, 0.717) is 19.8 Å². The van der Waals surface area contributed by atoms with E-state index in [1.54, 1.807) is 20.3 Å². The first-order chi connectivity index (χ1) is 14.8. The van der Waals surface area contributed by atoms with Gasteiger partial charge in [0, 0.05) is 14.2 Å². The van der Waals surface area contributed by atoms with Crippen molar-refractivity contribution in [3.8, 4) is 0 Å². The number of rotatable bonds is 16. The van der Waals surface area contributed by atoms with E-state index in [0.717, 1.165) is 11.1 Å². The summed E-state index contributed by atoms with van der Waals surface area (Å²) in [7, 11) is 3.14. The second kappa shape index (κ2) is 14.8. The van der Waals surface area contributed by atoms with Crippen molar-refractivity contribution < 1.29 is 28.4 Å². The molecule has 0 aliphatic carbocycles. The summed E-state index contributed by atoms with van der Waals surface area (Å²) < 4.78 is 34.0. The molecule has 0 fully saturated rings. The van der Waals surface area contributed by atoms with Crippen LogP contribution in [0.1, 0.15) is 11.1 Å². The lowest BCUT2D eigenvalue weighted by Crippen LogP contribution is -2.45. The highest BCUT2D eigenvalue weighted by Crippen LogP contribution is 2.17. The monoisotopic (exact) mass is 416 g/mol. The molecule has 2 aromatic rings. The van der Waals surface area contributed by atoms with Gasteiger partial charge in [0.1, 0.15) is 31.9 Å². The summed E-state index contributed by atoms with van der Waals surface area (Å²) in [6.07, 6.45) is 0.353. The Morgan fingerprint density at radius 3 is 1.90 bits per heavy atom. The molecule has 0 saturated carbocycles. The Balaban J connectivity index is 2.03. The van der Waals surface area contributed by atoms with Gasteiger partial charge in [-0.05, 0) is 11.1 Å². The van der Waals surface area contributed by atoms with Gasteiger partial charge in [-0.15, -0.1) is 6.58 Å². The zero-order chi connectivity index (χ0) is 21.4. The molecular weight excluding hydrogens is 384 g/mol. The van der Waals surface area contributed by atoms with Crippen LogP contribution in [0.3, 0.4) is 0 Å². The lowest BCUT2D eigenvalue weighted by atomic mass is 10.1. The first kappa shape index (κ1) is 24.2. The number of benzene rings is 2. The Labute approximate surface area is 179 Å². The van der Waals surface area contributed by atoms with Gasteiger partial charge < -0.3 is 28.4 Å². The molecule has 2 aromatic carbocycles. The molecule has 0 spiro atoms. The van der Waals surface area contributed by atoms with Crippen LogP contribution in [0.2, 0.25) is 0 Å². The van der Waals surface area contributed by atoms with Crippen molar-refractivity contribution in [3.05, 3.63) is 84.4 Å². The molecular formula is C24H32O6. The van der Waals surface area contributed by atoms with Crippen LogP contribution in [0.15, 0.2) is 73.3 Å². The second-order valence-electron chi connectivity index (χ2n) is 6.65. The third-order valence-electron chi connectivity index (χ3n) is 4.38. The maximum Gasteiger partial charge on any atom is 0.146 e. The molecule has 3 atom stereocenters. The molecule has 0 saturated heterocycles. The molecule has 0 heterocycles. The quantitative estimate of drug-likeness (QED) is 0.305. The van der Waals surface area contributed by atoms with Crippen molar-refractivity contribution in [2.24, 2.45) is 0 Å². The highest BCUT2D eigenvalue weighted by atomic mass is 16.7. The third kappa shape index (κ3) is 8.75. The summed E-state index contributed by atoms with van der Waals surface area (Å²) in [6, 6.07) is 19.9. The summed E-state index contributed by atoms with van der Waals surface area (Å²) >= 11 is 0. The molecule has 2 rings (SSSR count). The van der Waals surface area contributed by atoms with E-state index < -0.39 is 18.3 Å². The Hall–Kier alpha value is -2.06. The summed E-state index contributed by atoms with van der Waals surface area (Å²) in [5.74, 6) is 0. The highest BCUT2D eigenvalue weighted by molar-refractivity contribution is 5.14. The van der Waals surface area contributed by atoms with Gasteiger partial charge in [0.15, 0.2) is 0 Å². The lowest BCUT2D eigenvalue weighted by Gasteiger charge is -2.31. The molecule has 0 aliphatic rings. The number of ether oxygens (including phenoxy) is 6. The molecule has 0 N–H and O–H groups in total. The number of hydrogen-bond donors (Lipinski definition) is 0. The molecule has 0 aliphatic heterocycles. The molecule has 6 nitrogen and oxygen atoms in total. The largest absolute Gasteiger partial charge is 0.374 e. The predicted molar refractivity (Wildman–Crippen MR) is 115 cm³/mol. The van der Waals surface area contributed by atoms with E-state index in [1.165, 1.54) is 0 Å².